The highest BCUT2D eigenvalue weighted by atomic mass is 16.5. The van der Waals surface area contributed by atoms with Crippen LogP contribution in [0.5, 0.6) is 5.75 Å². The lowest BCUT2D eigenvalue weighted by molar-refractivity contribution is -0.141. The van der Waals surface area contributed by atoms with Crippen LogP contribution in [0.1, 0.15) is 41.5 Å². The van der Waals surface area contributed by atoms with Gasteiger partial charge in [-0.25, -0.2) is 0 Å². The van der Waals surface area contributed by atoms with Crippen molar-refractivity contribution in [3.05, 3.63) is 101 Å². The highest BCUT2D eigenvalue weighted by Gasteiger charge is 2.19. The van der Waals surface area contributed by atoms with Crippen LogP contribution in [0.3, 0.4) is 0 Å². The Balaban J connectivity index is 1.89. The second-order valence-corrected chi connectivity index (χ2v) is 6.91. The lowest BCUT2D eigenvalue weighted by Crippen LogP contribution is -2.10. The molecule has 3 heteroatoms. The minimum Gasteiger partial charge on any atom is -0.489 e. The van der Waals surface area contributed by atoms with E-state index in [1.807, 2.05) is 42.5 Å². The number of aryl methyl sites for hydroxylation is 1. The molecule has 1 atom stereocenters. The molecule has 3 aromatic carbocycles. The van der Waals surface area contributed by atoms with Crippen LogP contribution in [-0.4, -0.2) is 12.6 Å². The maximum absolute atomic E-state index is 11.2. The average Bonchev–Trinajstić information content (AvgIpc) is 2.71. The van der Waals surface area contributed by atoms with Crippen molar-refractivity contribution in [1.29, 1.82) is 0 Å². The molecular weight excluding hydrogens is 348 g/mol. The minimum atomic E-state index is -0.253. The molecule has 0 N–H and O–H groups in total. The Morgan fingerprint density at radius 2 is 1.61 bits per heavy atom. The van der Waals surface area contributed by atoms with Gasteiger partial charge in [0.25, 0.3) is 0 Å². The quantitative estimate of drug-likeness (QED) is 0.477. The van der Waals surface area contributed by atoms with E-state index in [1.54, 1.807) is 0 Å². The zero-order chi connectivity index (χ0) is 19.8. The van der Waals surface area contributed by atoms with Gasteiger partial charge in [-0.3, -0.25) is 4.79 Å². The van der Waals surface area contributed by atoms with Crippen molar-refractivity contribution in [2.24, 2.45) is 0 Å². The molecular formula is C25H26O3. The standard InChI is InChI=1S/C25H26O3/c1-19-13-14-25(28-18-21-9-5-3-6-10-21)24(17-19)23(15-16-27-20(2)26)22-11-7-4-8-12-22/h3-14,17,23H,15-16,18H2,1-2H3. The zero-order valence-corrected chi connectivity index (χ0v) is 16.4. The van der Waals surface area contributed by atoms with Gasteiger partial charge in [-0.15, -0.1) is 0 Å². The van der Waals surface area contributed by atoms with Crippen molar-refractivity contribution >= 4 is 5.97 Å². The zero-order valence-electron chi connectivity index (χ0n) is 16.4. The molecule has 0 radical (unpaired) electrons. The summed E-state index contributed by atoms with van der Waals surface area (Å²) in [5.74, 6) is 0.703. The van der Waals surface area contributed by atoms with Gasteiger partial charge in [0.15, 0.2) is 0 Å². The van der Waals surface area contributed by atoms with Crippen LogP contribution in [0.15, 0.2) is 78.9 Å². The summed E-state index contributed by atoms with van der Waals surface area (Å²) in [4.78, 5) is 11.2. The van der Waals surface area contributed by atoms with Gasteiger partial charge < -0.3 is 9.47 Å². The number of hydrogen-bond acceptors (Lipinski definition) is 3. The van der Waals surface area contributed by atoms with Crippen LogP contribution in [0.4, 0.5) is 0 Å². The molecule has 1 unspecified atom stereocenters. The third-order valence-electron chi connectivity index (χ3n) is 4.69. The molecule has 0 saturated carbocycles. The van der Waals surface area contributed by atoms with E-state index in [9.17, 15) is 4.79 Å². The number of carbonyl (C=O) groups is 1. The Morgan fingerprint density at radius 1 is 0.929 bits per heavy atom. The first-order chi connectivity index (χ1) is 13.6. The van der Waals surface area contributed by atoms with Crippen LogP contribution < -0.4 is 4.74 Å². The number of rotatable bonds is 8. The molecule has 0 aromatic heterocycles. The van der Waals surface area contributed by atoms with E-state index in [-0.39, 0.29) is 11.9 Å². The molecule has 3 nitrogen and oxygen atoms in total. The molecule has 0 aliphatic heterocycles. The highest BCUT2D eigenvalue weighted by molar-refractivity contribution is 5.65. The maximum Gasteiger partial charge on any atom is 0.302 e. The van der Waals surface area contributed by atoms with Gasteiger partial charge in [0.05, 0.1) is 6.61 Å². The van der Waals surface area contributed by atoms with Crippen LogP contribution in [0.25, 0.3) is 0 Å². The molecule has 0 aliphatic rings. The lowest BCUT2D eigenvalue weighted by atomic mass is 9.87. The molecule has 3 aromatic rings. The van der Waals surface area contributed by atoms with Gasteiger partial charge >= 0.3 is 5.97 Å². The van der Waals surface area contributed by atoms with Crippen LogP contribution in [0.2, 0.25) is 0 Å². The third kappa shape index (κ3) is 5.46. The third-order valence-corrected chi connectivity index (χ3v) is 4.69. The monoisotopic (exact) mass is 374 g/mol. The Kier molecular flexibility index (Phi) is 6.85. The topological polar surface area (TPSA) is 35.5 Å². The first kappa shape index (κ1) is 19.7. The predicted octanol–water partition coefficient (Wildman–Crippen LogP) is 5.66. The second-order valence-electron chi connectivity index (χ2n) is 6.91. The average molecular weight is 374 g/mol. The van der Waals surface area contributed by atoms with Crippen LogP contribution >= 0.6 is 0 Å². The lowest BCUT2D eigenvalue weighted by Gasteiger charge is -2.22. The summed E-state index contributed by atoms with van der Waals surface area (Å²) in [6.07, 6.45) is 0.703. The van der Waals surface area contributed by atoms with E-state index in [2.05, 4.69) is 43.3 Å². The first-order valence-corrected chi connectivity index (χ1v) is 9.59. The summed E-state index contributed by atoms with van der Waals surface area (Å²) in [7, 11) is 0. The van der Waals surface area contributed by atoms with Crippen molar-refractivity contribution in [3.63, 3.8) is 0 Å². The van der Waals surface area contributed by atoms with Gasteiger partial charge in [0.1, 0.15) is 12.4 Å². The maximum atomic E-state index is 11.2. The largest absolute Gasteiger partial charge is 0.489 e. The molecule has 0 amide bonds. The van der Waals surface area contributed by atoms with Gasteiger partial charge in [0.2, 0.25) is 0 Å². The number of esters is 1. The van der Waals surface area contributed by atoms with Gasteiger partial charge in [0, 0.05) is 18.4 Å². The fourth-order valence-corrected chi connectivity index (χ4v) is 3.31. The summed E-state index contributed by atoms with van der Waals surface area (Å²) >= 11 is 0. The summed E-state index contributed by atoms with van der Waals surface area (Å²) < 4.78 is 11.4. The Labute approximate surface area is 166 Å². The molecule has 28 heavy (non-hydrogen) atoms. The van der Waals surface area contributed by atoms with Gasteiger partial charge in [-0.1, -0.05) is 78.4 Å². The smallest absolute Gasteiger partial charge is 0.302 e. The molecule has 144 valence electrons. The van der Waals surface area contributed by atoms with E-state index in [1.165, 1.54) is 18.1 Å². The highest BCUT2D eigenvalue weighted by Crippen LogP contribution is 2.35. The van der Waals surface area contributed by atoms with E-state index in [0.717, 1.165) is 16.9 Å². The predicted molar refractivity (Wildman–Crippen MR) is 111 cm³/mol. The number of hydrogen-bond donors (Lipinski definition) is 0. The SMILES string of the molecule is CC(=O)OCCC(c1ccccc1)c1cc(C)ccc1OCc1ccccc1. The number of carbonyl (C=O) groups excluding carboxylic acids is 1. The normalized spacial score (nSPS) is 11.6. The van der Waals surface area contributed by atoms with Gasteiger partial charge in [-0.2, -0.15) is 0 Å². The van der Waals surface area contributed by atoms with E-state index >= 15 is 0 Å². The number of ether oxygens (including phenoxy) is 2. The van der Waals surface area contributed by atoms with Crippen molar-refractivity contribution < 1.29 is 14.3 Å². The van der Waals surface area contributed by atoms with Crippen LogP contribution in [-0.2, 0) is 16.1 Å². The van der Waals surface area contributed by atoms with Crippen LogP contribution in [0, 0.1) is 6.92 Å². The van der Waals surface area contributed by atoms with Crippen molar-refractivity contribution in [2.75, 3.05) is 6.61 Å². The van der Waals surface area contributed by atoms with E-state index in [4.69, 9.17) is 9.47 Å². The summed E-state index contributed by atoms with van der Waals surface area (Å²) in [5.41, 5.74) is 4.61. The summed E-state index contributed by atoms with van der Waals surface area (Å²) in [6.45, 7) is 4.42. The molecule has 0 fully saturated rings. The summed E-state index contributed by atoms with van der Waals surface area (Å²) in [6, 6.07) is 26.7. The molecule has 0 heterocycles. The molecule has 0 aliphatic carbocycles. The molecule has 0 saturated heterocycles. The van der Waals surface area contributed by atoms with Gasteiger partial charge in [-0.05, 0) is 30.5 Å². The Hall–Kier alpha value is -3.07. The Morgan fingerprint density at radius 3 is 2.29 bits per heavy atom. The number of benzene rings is 3. The summed E-state index contributed by atoms with van der Waals surface area (Å²) in [5, 5.41) is 0. The van der Waals surface area contributed by atoms with Crippen molar-refractivity contribution in [3.8, 4) is 5.75 Å². The Bertz CT molecular complexity index is 888. The molecule has 0 spiro atoms. The van der Waals surface area contributed by atoms with E-state index < -0.39 is 0 Å². The minimum absolute atomic E-state index is 0.0891. The van der Waals surface area contributed by atoms with Crippen molar-refractivity contribution in [1.82, 2.24) is 0 Å². The van der Waals surface area contributed by atoms with Crippen molar-refractivity contribution in [2.45, 2.75) is 32.8 Å². The molecule has 0 bridgehead atoms. The first-order valence-electron chi connectivity index (χ1n) is 9.59. The fraction of sp³-hybridized carbons (Fsp3) is 0.240. The fourth-order valence-electron chi connectivity index (χ4n) is 3.31. The van der Waals surface area contributed by atoms with E-state index in [0.29, 0.717) is 19.6 Å². The molecule has 3 rings (SSSR count). The second kappa shape index (κ2) is 9.75.